The van der Waals surface area contributed by atoms with Crippen LogP contribution < -0.4 is 5.73 Å². The van der Waals surface area contributed by atoms with Gasteiger partial charge >= 0.3 is 5.97 Å². The van der Waals surface area contributed by atoms with E-state index in [1.807, 2.05) is 6.26 Å². The number of hydrogen-bond acceptors (Lipinski definition) is 5. The van der Waals surface area contributed by atoms with Crippen LogP contribution in [0.4, 0.5) is 5.69 Å². The number of nitrogen functional groups attached to an aromatic ring is 1. The first-order chi connectivity index (χ1) is 10.2. The van der Waals surface area contributed by atoms with Crippen molar-refractivity contribution >= 4 is 34.3 Å². The van der Waals surface area contributed by atoms with Gasteiger partial charge in [0.2, 0.25) is 0 Å². The van der Waals surface area contributed by atoms with Gasteiger partial charge in [-0.25, -0.2) is 9.78 Å². The van der Waals surface area contributed by atoms with Gasteiger partial charge in [-0.3, -0.25) is 0 Å². The molecule has 0 radical (unpaired) electrons. The molecule has 0 saturated carbocycles. The maximum atomic E-state index is 12.1. The van der Waals surface area contributed by atoms with Crippen LogP contribution in [0.5, 0.6) is 0 Å². The number of aromatic nitrogens is 2. The Hall–Kier alpha value is -1.69. The van der Waals surface area contributed by atoms with E-state index in [0.29, 0.717) is 17.8 Å². The van der Waals surface area contributed by atoms with Gasteiger partial charge in [-0.2, -0.15) is 0 Å². The highest BCUT2D eigenvalue weighted by atomic mass is 32.2. The summed E-state index contributed by atoms with van der Waals surface area (Å²) < 4.78 is 5.12. The van der Waals surface area contributed by atoms with Gasteiger partial charge < -0.3 is 15.5 Å². The molecule has 0 amide bonds. The van der Waals surface area contributed by atoms with Crippen LogP contribution in [0.25, 0.3) is 10.9 Å². The molecule has 0 spiro atoms. The fourth-order valence-corrected chi connectivity index (χ4v) is 3.54. The van der Waals surface area contributed by atoms with Crippen molar-refractivity contribution in [2.45, 2.75) is 37.6 Å². The summed E-state index contributed by atoms with van der Waals surface area (Å²) in [6.07, 6.45) is 6.13. The highest BCUT2D eigenvalue weighted by Gasteiger charge is 2.24. The first kappa shape index (κ1) is 14.3. The van der Waals surface area contributed by atoms with Gasteiger partial charge in [0.25, 0.3) is 0 Å². The van der Waals surface area contributed by atoms with E-state index >= 15 is 0 Å². The molecule has 3 rings (SSSR count). The predicted molar refractivity (Wildman–Crippen MR) is 84.9 cm³/mol. The van der Waals surface area contributed by atoms with Gasteiger partial charge in [-0.1, -0.05) is 0 Å². The van der Waals surface area contributed by atoms with Gasteiger partial charge in [0.1, 0.15) is 5.52 Å². The van der Waals surface area contributed by atoms with E-state index in [4.69, 9.17) is 15.5 Å². The second kappa shape index (κ2) is 5.60. The van der Waals surface area contributed by atoms with Gasteiger partial charge in [0.05, 0.1) is 17.0 Å². The first-order valence-electron chi connectivity index (χ1n) is 7.21. The first-order valence-corrected chi connectivity index (χ1v) is 8.43. The number of carbonyl (C=O) groups is 1. The van der Waals surface area contributed by atoms with Crippen molar-refractivity contribution < 1.29 is 9.53 Å². The number of nitrogens with zero attached hydrogens (tertiary/aromatic N) is 1. The lowest BCUT2D eigenvalue weighted by molar-refractivity contribution is 0.0522. The number of fused-ring (bicyclic) bond motifs is 2. The molecule has 0 atom stereocenters. The molecule has 21 heavy (non-hydrogen) atoms. The maximum Gasteiger partial charge on any atom is 0.357 e. The van der Waals surface area contributed by atoms with E-state index < -0.39 is 0 Å². The summed E-state index contributed by atoms with van der Waals surface area (Å²) in [7, 11) is 0. The molecule has 1 aliphatic carbocycles. The minimum atomic E-state index is -0.370. The molecule has 5 nitrogen and oxygen atoms in total. The average Bonchev–Trinajstić information content (AvgIpc) is 2.87. The molecule has 0 aromatic carbocycles. The molecule has 0 unspecified atom stereocenters. The van der Waals surface area contributed by atoms with Crippen molar-refractivity contribution in [2.75, 3.05) is 18.6 Å². The Morgan fingerprint density at radius 1 is 1.43 bits per heavy atom. The third-order valence-electron chi connectivity index (χ3n) is 3.90. The molecule has 0 aliphatic heterocycles. The van der Waals surface area contributed by atoms with Gasteiger partial charge in [0, 0.05) is 11.4 Å². The molecule has 0 fully saturated rings. The molecular weight excluding hydrogens is 286 g/mol. The summed E-state index contributed by atoms with van der Waals surface area (Å²) in [6, 6.07) is 0. The van der Waals surface area contributed by atoms with E-state index in [1.54, 1.807) is 6.92 Å². The molecule has 1 aliphatic rings. The Bertz CT molecular complexity index is 709. The van der Waals surface area contributed by atoms with E-state index in [-0.39, 0.29) is 5.97 Å². The molecule has 2 aromatic rings. The molecular formula is C15H19N3O2S. The van der Waals surface area contributed by atoms with Crippen LogP contribution in [0.3, 0.4) is 0 Å². The number of aryl methyl sites for hydroxylation is 1. The fourth-order valence-electron chi connectivity index (χ4n) is 2.92. The van der Waals surface area contributed by atoms with E-state index in [1.165, 1.54) is 11.8 Å². The van der Waals surface area contributed by atoms with Crippen LogP contribution in [0.15, 0.2) is 5.03 Å². The second-order valence-electron chi connectivity index (χ2n) is 5.14. The van der Waals surface area contributed by atoms with Crippen molar-refractivity contribution in [3.8, 4) is 0 Å². The van der Waals surface area contributed by atoms with Crippen LogP contribution in [0, 0.1) is 0 Å². The zero-order valence-electron chi connectivity index (χ0n) is 12.3. The minimum absolute atomic E-state index is 0.342. The standard InChI is InChI=1S/C15H19N3O2S/c1-3-20-15(19)13-12-10(14(18-13)21-2)11(16)8-6-4-5-7-9(8)17-12/h18H,3-7,16H2,1-2H3. The number of anilines is 1. The van der Waals surface area contributed by atoms with Crippen molar-refractivity contribution in [1.82, 2.24) is 9.97 Å². The fraction of sp³-hybridized carbons (Fsp3) is 0.467. The monoisotopic (exact) mass is 305 g/mol. The highest BCUT2D eigenvalue weighted by Crippen LogP contribution is 2.37. The lowest BCUT2D eigenvalue weighted by atomic mass is 9.93. The summed E-state index contributed by atoms with van der Waals surface area (Å²) in [6.45, 7) is 2.14. The Morgan fingerprint density at radius 2 is 2.19 bits per heavy atom. The molecule has 0 bridgehead atoms. The maximum absolute atomic E-state index is 12.1. The number of rotatable bonds is 3. The number of H-pyrrole nitrogens is 1. The number of aromatic amines is 1. The molecule has 112 valence electrons. The Morgan fingerprint density at radius 3 is 2.90 bits per heavy atom. The summed E-state index contributed by atoms with van der Waals surface area (Å²) >= 11 is 1.54. The molecule has 2 aromatic heterocycles. The number of nitrogens with two attached hydrogens (primary N) is 1. The third-order valence-corrected chi connectivity index (χ3v) is 4.62. The summed E-state index contributed by atoms with van der Waals surface area (Å²) in [5, 5.41) is 1.75. The van der Waals surface area contributed by atoms with Crippen LogP contribution in [-0.2, 0) is 17.6 Å². The van der Waals surface area contributed by atoms with Crippen LogP contribution >= 0.6 is 11.8 Å². The van der Waals surface area contributed by atoms with Crippen molar-refractivity contribution in [2.24, 2.45) is 0 Å². The largest absolute Gasteiger partial charge is 0.461 e. The number of hydrogen-bond donors (Lipinski definition) is 2. The number of pyridine rings is 1. The third kappa shape index (κ3) is 2.27. The van der Waals surface area contributed by atoms with Crippen molar-refractivity contribution in [3.05, 3.63) is 17.0 Å². The number of nitrogens with one attached hydrogen (secondary N) is 1. The van der Waals surface area contributed by atoms with Crippen molar-refractivity contribution in [1.29, 1.82) is 0 Å². The smallest absolute Gasteiger partial charge is 0.357 e. The second-order valence-corrected chi connectivity index (χ2v) is 5.95. The lowest BCUT2D eigenvalue weighted by Crippen LogP contribution is -2.11. The number of carbonyl (C=O) groups excluding carboxylic acids is 1. The summed E-state index contributed by atoms with van der Waals surface area (Å²) in [5.74, 6) is -0.370. The molecule has 2 heterocycles. The molecule has 6 heteroatoms. The SMILES string of the molecule is CCOC(=O)c1[nH]c(SC)c2c(N)c3c(nc12)CCCC3. The average molecular weight is 305 g/mol. The van der Waals surface area contributed by atoms with E-state index in [0.717, 1.165) is 53.0 Å². The topological polar surface area (TPSA) is 81.0 Å². The van der Waals surface area contributed by atoms with E-state index in [9.17, 15) is 4.79 Å². The zero-order chi connectivity index (χ0) is 15.0. The quantitative estimate of drug-likeness (QED) is 0.673. The van der Waals surface area contributed by atoms with Crippen LogP contribution in [-0.4, -0.2) is 28.8 Å². The highest BCUT2D eigenvalue weighted by molar-refractivity contribution is 7.98. The summed E-state index contributed by atoms with van der Waals surface area (Å²) in [5.41, 5.74) is 10.4. The molecule has 3 N–H and O–H groups in total. The minimum Gasteiger partial charge on any atom is -0.461 e. The van der Waals surface area contributed by atoms with E-state index in [2.05, 4.69) is 4.98 Å². The predicted octanol–water partition coefficient (Wildman–Crippen LogP) is 2.92. The Balaban J connectivity index is 2.27. The number of ether oxygens (including phenoxy) is 1. The van der Waals surface area contributed by atoms with Gasteiger partial charge in [-0.05, 0) is 44.4 Å². The Labute approximate surface area is 127 Å². The Kier molecular flexibility index (Phi) is 3.80. The van der Waals surface area contributed by atoms with Crippen LogP contribution in [0.1, 0.15) is 41.5 Å². The van der Waals surface area contributed by atoms with Crippen LogP contribution in [0.2, 0.25) is 0 Å². The number of thioether (sulfide) groups is 1. The molecule has 0 saturated heterocycles. The number of esters is 1. The van der Waals surface area contributed by atoms with Gasteiger partial charge in [-0.15, -0.1) is 11.8 Å². The summed E-state index contributed by atoms with van der Waals surface area (Å²) in [4.78, 5) is 20.0. The normalized spacial score (nSPS) is 14.2. The van der Waals surface area contributed by atoms with Crippen molar-refractivity contribution in [3.63, 3.8) is 0 Å². The van der Waals surface area contributed by atoms with Gasteiger partial charge in [0.15, 0.2) is 5.69 Å². The lowest BCUT2D eigenvalue weighted by Gasteiger charge is -2.17. The zero-order valence-corrected chi connectivity index (χ0v) is 13.1.